The monoisotopic (exact) mass is 346 g/mol. The Morgan fingerprint density at radius 2 is 2.10 bits per heavy atom. The van der Waals surface area contributed by atoms with Gasteiger partial charge in [0, 0.05) is 23.3 Å². The fourth-order valence-corrected chi connectivity index (χ4v) is 2.24. The van der Waals surface area contributed by atoms with Crippen molar-refractivity contribution in [3.8, 4) is 0 Å². The van der Waals surface area contributed by atoms with E-state index in [0.717, 1.165) is 4.47 Å². The molecular weight excluding hydrogens is 328 g/mol. The van der Waals surface area contributed by atoms with Gasteiger partial charge in [0.2, 0.25) is 0 Å². The normalized spacial score (nSPS) is 14.1. The number of aliphatic hydroxyl groups is 1. The van der Waals surface area contributed by atoms with Crippen molar-refractivity contribution in [3.05, 3.63) is 22.4 Å². The zero-order valence-corrected chi connectivity index (χ0v) is 13.3. The van der Waals surface area contributed by atoms with E-state index >= 15 is 0 Å². The summed E-state index contributed by atoms with van der Waals surface area (Å²) in [6.45, 7) is 5.14. The number of carbonyl (C=O) groups is 2. The number of rotatable bonds is 6. The molecule has 20 heavy (non-hydrogen) atoms. The SMILES string of the molecule is CC(C)n1cc(Br)cc1C(=O)NCC(C)(O)CC(=O)O. The van der Waals surface area contributed by atoms with Crippen LogP contribution in [-0.4, -0.2) is 38.8 Å². The van der Waals surface area contributed by atoms with E-state index in [9.17, 15) is 14.7 Å². The minimum absolute atomic E-state index is 0.113. The summed E-state index contributed by atoms with van der Waals surface area (Å²) < 4.78 is 2.58. The molecule has 0 aliphatic rings. The van der Waals surface area contributed by atoms with Crippen molar-refractivity contribution in [1.29, 1.82) is 0 Å². The predicted octanol–water partition coefficient (Wildman–Crippen LogP) is 1.79. The largest absolute Gasteiger partial charge is 0.481 e. The maximum atomic E-state index is 12.1. The van der Waals surface area contributed by atoms with Crippen LogP contribution in [0.25, 0.3) is 0 Å². The third-order valence-electron chi connectivity index (χ3n) is 2.77. The molecule has 0 aliphatic carbocycles. The lowest BCUT2D eigenvalue weighted by Crippen LogP contribution is -2.42. The Labute approximate surface area is 125 Å². The van der Waals surface area contributed by atoms with Crippen molar-refractivity contribution in [2.45, 2.75) is 38.8 Å². The summed E-state index contributed by atoms with van der Waals surface area (Å²) in [5.74, 6) is -1.47. The first kappa shape index (κ1) is 16.7. The number of carboxylic acids is 1. The number of hydrogen-bond acceptors (Lipinski definition) is 3. The van der Waals surface area contributed by atoms with Crippen LogP contribution in [-0.2, 0) is 4.79 Å². The van der Waals surface area contributed by atoms with Crippen LogP contribution >= 0.6 is 15.9 Å². The van der Waals surface area contributed by atoms with Crippen LogP contribution in [0.15, 0.2) is 16.7 Å². The van der Waals surface area contributed by atoms with E-state index in [-0.39, 0.29) is 18.5 Å². The molecule has 0 aliphatic heterocycles. The molecule has 0 bridgehead atoms. The number of aromatic nitrogens is 1. The summed E-state index contributed by atoms with van der Waals surface area (Å²) in [7, 11) is 0. The predicted molar refractivity (Wildman–Crippen MR) is 77.7 cm³/mol. The molecule has 0 fully saturated rings. The second-order valence-electron chi connectivity index (χ2n) is 5.29. The van der Waals surface area contributed by atoms with E-state index in [4.69, 9.17) is 5.11 Å². The van der Waals surface area contributed by atoms with Crippen LogP contribution in [0.5, 0.6) is 0 Å². The van der Waals surface area contributed by atoms with Gasteiger partial charge in [0.25, 0.3) is 5.91 Å². The molecule has 0 aromatic carbocycles. The Bertz CT molecular complexity index is 508. The van der Waals surface area contributed by atoms with E-state index in [0.29, 0.717) is 5.69 Å². The molecule has 0 radical (unpaired) electrons. The van der Waals surface area contributed by atoms with Gasteiger partial charge < -0.3 is 20.1 Å². The Morgan fingerprint density at radius 3 is 2.60 bits per heavy atom. The fourth-order valence-electron chi connectivity index (χ4n) is 1.80. The van der Waals surface area contributed by atoms with Crippen molar-refractivity contribution in [3.63, 3.8) is 0 Å². The molecule has 0 saturated heterocycles. The summed E-state index contributed by atoms with van der Waals surface area (Å²) in [5, 5.41) is 21.1. The van der Waals surface area contributed by atoms with Crippen molar-refractivity contribution < 1.29 is 19.8 Å². The quantitative estimate of drug-likeness (QED) is 0.732. The number of halogens is 1. The Hall–Kier alpha value is -1.34. The topological polar surface area (TPSA) is 91.6 Å². The van der Waals surface area contributed by atoms with Crippen LogP contribution < -0.4 is 5.32 Å². The molecule has 1 aromatic rings. The molecule has 112 valence electrons. The van der Waals surface area contributed by atoms with Crippen molar-refractivity contribution in [2.24, 2.45) is 0 Å². The molecular formula is C13H19BrN2O4. The highest BCUT2D eigenvalue weighted by atomic mass is 79.9. The summed E-state index contributed by atoms with van der Waals surface area (Å²) >= 11 is 3.32. The molecule has 1 aromatic heterocycles. The molecule has 3 N–H and O–H groups in total. The van der Waals surface area contributed by atoms with E-state index in [1.165, 1.54) is 6.92 Å². The molecule has 1 amide bonds. The number of amides is 1. The lowest BCUT2D eigenvalue weighted by Gasteiger charge is -2.22. The van der Waals surface area contributed by atoms with Gasteiger partial charge in [-0.25, -0.2) is 0 Å². The first-order valence-electron chi connectivity index (χ1n) is 6.22. The van der Waals surface area contributed by atoms with Gasteiger partial charge in [0.05, 0.1) is 12.0 Å². The molecule has 6 nitrogen and oxygen atoms in total. The van der Waals surface area contributed by atoms with Gasteiger partial charge >= 0.3 is 5.97 Å². The van der Waals surface area contributed by atoms with Crippen LogP contribution in [0.4, 0.5) is 0 Å². The third-order valence-corrected chi connectivity index (χ3v) is 3.20. The van der Waals surface area contributed by atoms with E-state index < -0.39 is 18.0 Å². The van der Waals surface area contributed by atoms with Crippen LogP contribution in [0, 0.1) is 0 Å². The lowest BCUT2D eigenvalue weighted by atomic mass is 10.0. The van der Waals surface area contributed by atoms with Gasteiger partial charge in [0.15, 0.2) is 0 Å². The number of carbonyl (C=O) groups excluding carboxylic acids is 1. The summed E-state index contributed by atoms with van der Waals surface area (Å²) in [5.41, 5.74) is -1.02. The molecule has 1 rings (SSSR count). The van der Waals surface area contributed by atoms with Crippen molar-refractivity contribution in [1.82, 2.24) is 9.88 Å². The standard InChI is InChI=1S/C13H19BrN2O4/c1-8(2)16-6-9(14)4-10(16)12(19)15-7-13(3,20)5-11(17)18/h4,6,8,20H,5,7H2,1-3H3,(H,15,19)(H,17,18). The smallest absolute Gasteiger partial charge is 0.306 e. The highest BCUT2D eigenvalue weighted by molar-refractivity contribution is 9.10. The molecule has 1 atom stereocenters. The van der Waals surface area contributed by atoms with Crippen LogP contribution in [0.1, 0.15) is 43.7 Å². The Kier molecular flexibility index (Phi) is 5.35. The number of aliphatic carboxylic acids is 1. The summed E-state index contributed by atoms with van der Waals surface area (Å²) in [4.78, 5) is 22.7. The van der Waals surface area contributed by atoms with Gasteiger partial charge in [-0.1, -0.05) is 0 Å². The van der Waals surface area contributed by atoms with Gasteiger partial charge in [-0.15, -0.1) is 0 Å². The van der Waals surface area contributed by atoms with Crippen LogP contribution in [0.3, 0.4) is 0 Å². The third kappa shape index (κ3) is 4.64. The second kappa shape index (κ2) is 6.41. The van der Waals surface area contributed by atoms with E-state index in [2.05, 4.69) is 21.2 Å². The molecule has 0 spiro atoms. The molecule has 1 unspecified atom stereocenters. The molecule has 0 saturated carbocycles. The van der Waals surface area contributed by atoms with E-state index in [1.54, 1.807) is 16.8 Å². The number of carboxylic acid groups (broad SMARTS) is 1. The number of nitrogens with one attached hydrogen (secondary N) is 1. The lowest BCUT2D eigenvalue weighted by molar-refractivity contribution is -0.141. The first-order chi connectivity index (χ1) is 9.12. The van der Waals surface area contributed by atoms with Gasteiger partial charge in [-0.3, -0.25) is 9.59 Å². The van der Waals surface area contributed by atoms with Crippen LogP contribution in [0.2, 0.25) is 0 Å². The Morgan fingerprint density at radius 1 is 1.50 bits per heavy atom. The average Bonchev–Trinajstić information content (AvgIpc) is 2.67. The molecule has 1 heterocycles. The van der Waals surface area contributed by atoms with E-state index in [1.807, 2.05) is 13.8 Å². The fraction of sp³-hybridized carbons (Fsp3) is 0.538. The minimum atomic E-state index is -1.48. The summed E-state index contributed by atoms with van der Waals surface area (Å²) in [6.07, 6.45) is 1.37. The average molecular weight is 347 g/mol. The molecule has 7 heteroatoms. The maximum absolute atomic E-state index is 12.1. The highest BCUT2D eigenvalue weighted by Crippen LogP contribution is 2.19. The first-order valence-corrected chi connectivity index (χ1v) is 7.01. The van der Waals surface area contributed by atoms with Gasteiger partial charge in [-0.05, 0) is 42.8 Å². The van der Waals surface area contributed by atoms with Crippen molar-refractivity contribution in [2.75, 3.05) is 6.54 Å². The zero-order valence-electron chi connectivity index (χ0n) is 11.7. The summed E-state index contributed by atoms with van der Waals surface area (Å²) in [6, 6.07) is 1.79. The number of nitrogens with zero attached hydrogens (tertiary/aromatic N) is 1. The zero-order chi connectivity index (χ0) is 15.5. The number of hydrogen-bond donors (Lipinski definition) is 3. The van der Waals surface area contributed by atoms with Gasteiger partial charge in [-0.2, -0.15) is 0 Å². The second-order valence-corrected chi connectivity index (χ2v) is 6.21. The minimum Gasteiger partial charge on any atom is -0.481 e. The van der Waals surface area contributed by atoms with Gasteiger partial charge in [0.1, 0.15) is 5.69 Å². The Balaban J connectivity index is 2.75. The highest BCUT2D eigenvalue weighted by Gasteiger charge is 2.25. The van der Waals surface area contributed by atoms with Crippen molar-refractivity contribution >= 4 is 27.8 Å². The maximum Gasteiger partial charge on any atom is 0.306 e.